The zero-order chi connectivity index (χ0) is 21.6. The van der Waals surface area contributed by atoms with Crippen molar-refractivity contribution in [3.05, 3.63) is 47.8 Å². The Hall–Kier alpha value is -2.61. The molecule has 3 heterocycles. The summed E-state index contributed by atoms with van der Waals surface area (Å²) in [5, 5.41) is 16.2. The molecular formula is C23H30N6OS. The molecule has 0 unspecified atom stereocenters. The molecule has 1 aliphatic heterocycles. The van der Waals surface area contributed by atoms with E-state index in [0.717, 1.165) is 42.7 Å². The topological polar surface area (TPSA) is 75.4 Å². The lowest BCUT2D eigenvalue weighted by Gasteiger charge is -2.30. The number of amides is 1. The summed E-state index contributed by atoms with van der Waals surface area (Å²) in [6, 6.07) is 12.4. The van der Waals surface area contributed by atoms with Gasteiger partial charge in [0.15, 0.2) is 11.5 Å². The molecule has 0 bridgehead atoms. The lowest BCUT2D eigenvalue weighted by atomic mass is 9.99. The second kappa shape index (κ2) is 10.1. The Balaban J connectivity index is 1.29. The number of benzene rings is 1. The van der Waals surface area contributed by atoms with Crippen molar-refractivity contribution < 1.29 is 4.79 Å². The number of anilines is 1. The second-order valence-electron chi connectivity index (χ2n) is 8.20. The SMILES string of the molecule is CSc1ccc(CCNC(=O)CCc2nnc3ccc(N4CCC(C)CC4)nn23)cc1. The minimum absolute atomic E-state index is 0.0265. The number of carbonyl (C=O) groups excluding carboxylic acids is 1. The molecule has 8 heteroatoms. The molecule has 2 aromatic heterocycles. The zero-order valence-corrected chi connectivity index (χ0v) is 19.1. The highest BCUT2D eigenvalue weighted by molar-refractivity contribution is 7.98. The summed E-state index contributed by atoms with van der Waals surface area (Å²) < 4.78 is 1.79. The summed E-state index contributed by atoms with van der Waals surface area (Å²) in [6.45, 7) is 4.99. The lowest BCUT2D eigenvalue weighted by molar-refractivity contribution is -0.121. The summed E-state index contributed by atoms with van der Waals surface area (Å²) in [6.07, 6.45) is 6.17. The van der Waals surface area contributed by atoms with Crippen LogP contribution in [0.2, 0.25) is 0 Å². The molecule has 1 saturated heterocycles. The average molecular weight is 439 g/mol. The van der Waals surface area contributed by atoms with Gasteiger partial charge in [0.2, 0.25) is 5.91 Å². The van der Waals surface area contributed by atoms with E-state index in [4.69, 9.17) is 5.10 Å². The molecule has 0 saturated carbocycles. The second-order valence-corrected chi connectivity index (χ2v) is 9.08. The summed E-state index contributed by atoms with van der Waals surface area (Å²) in [7, 11) is 0. The fourth-order valence-electron chi connectivity index (χ4n) is 3.84. The van der Waals surface area contributed by atoms with E-state index in [1.807, 2.05) is 12.1 Å². The highest BCUT2D eigenvalue weighted by atomic mass is 32.2. The van der Waals surface area contributed by atoms with Gasteiger partial charge in [-0.1, -0.05) is 19.1 Å². The highest BCUT2D eigenvalue weighted by Gasteiger charge is 2.18. The van der Waals surface area contributed by atoms with Crippen molar-refractivity contribution in [1.29, 1.82) is 0 Å². The molecule has 0 aliphatic carbocycles. The van der Waals surface area contributed by atoms with E-state index < -0.39 is 0 Å². The first-order valence-corrected chi connectivity index (χ1v) is 12.2. The quantitative estimate of drug-likeness (QED) is 0.544. The molecule has 7 nitrogen and oxygen atoms in total. The number of nitrogens with zero attached hydrogens (tertiary/aromatic N) is 5. The van der Waals surface area contributed by atoms with Gasteiger partial charge in [-0.2, -0.15) is 4.52 Å². The maximum Gasteiger partial charge on any atom is 0.220 e. The van der Waals surface area contributed by atoms with Crippen LogP contribution in [0.3, 0.4) is 0 Å². The molecule has 31 heavy (non-hydrogen) atoms. The number of nitrogens with one attached hydrogen (secondary N) is 1. The zero-order valence-electron chi connectivity index (χ0n) is 18.3. The minimum atomic E-state index is 0.0265. The number of aryl methyl sites for hydroxylation is 1. The average Bonchev–Trinajstić information content (AvgIpc) is 3.21. The van der Waals surface area contributed by atoms with Crippen LogP contribution < -0.4 is 10.2 Å². The Kier molecular flexibility index (Phi) is 7.06. The van der Waals surface area contributed by atoms with Crippen molar-refractivity contribution in [2.24, 2.45) is 5.92 Å². The predicted molar refractivity (Wildman–Crippen MR) is 125 cm³/mol. The third-order valence-electron chi connectivity index (χ3n) is 5.89. The van der Waals surface area contributed by atoms with Gasteiger partial charge in [-0.25, -0.2) is 0 Å². The molecule has 1 N–H and O–H groups in total. The fourth-order valence-corrected chi connectivity index (χ4v) is 4.25. The van der Waals surface area contributed by atoms with Crippen LogP contribution in [-0.4, -0.2) is 51.6 Å². The first-order valence-electron chi connectivity index (χ1n) is 11.0. The third-order valence-corrected chi connectivity index (χ3v) is 6.64. The van der Waals surface area contributed by atoms with Gasteiger partial charge in [-0.3, -0.25) is 4.79 Å². The summed E-state index contributed by atoms with van der Waals surface area (Å²) in [5.41, 5.74) is 1.95. The van der Waals surface area contributed by atoms with Crippen LogP contribution in [0.4, 0.5) is 5.82 Å². The van der Waals surface area contributed by atoms with Crippen LogP contribution in [0.25, 0.3) is 5.65 Å². The molecule has 3 aromatic rings. The minimum Gasteiger partial charge on any atom is -0.356 e. The molecule has 0 spiro atoms. The summed E-state index contributed by atoms with van der Waals surface area (Å²) >= 11 is 1.73. The Bertz CT molecular complexity index is 1010. The maximum absolute atomic E-state index is 12.3. The smallest absolute Gasteiger partial charge is 0.220 e. The van der Waals surface area contributed by atoms with Crippen molar-refractivity contribution >= 4 is 29.1 Å². The number of hydrogen-bond acceptors (Lipinski definition) is 6. The van der Waals surface area contributed by atoms with Gasteiger partial charge >= 0.3 is 0 Å². The van der Waals surface area contributed by atoms with Crippen molar-refractivity contribution in [1.82, 2.24) is 25.1 Å². The summed E-state index contributed by atoms with van der Waals surface area (Å²) in [5.74, 6) is 2.49. The van der Waals surface area contributed by atoms with E-state index in [2.05, 4.69) is 57.9 Å². The molecule has 1 aliphatic rings. The van der Waals surface area contributed by atoms with Crippen LogP contribution in [-0.2, 0) is 17.6 Å². The molecule has 1 amide bonds. The van der Waals surface area contributed by atoms with Crippen LogP contribution in [0, 0.1) is 5.92 Å². The number of aromatic nitrogens is 4. The number of rotatable bonds is 8. The van der Waals surface area contributed by atoms with Crippen LogP contribution in [0.15, 0.2) is 41.3 Å². The van der Waals surface area contributed by atoms with Crippen molar-refractivity contribution in [3.63, 3.8) is 0 Å². The van der Waals surface area contributed by atoms with Crippen molar-refractivity contribution in [2.75, 3.05) is 30.8 Å². The van der Waals surface area contributed by atoms with Gasteiger partial charge < -0.3 is 10.2 Å². The predicted octanol–water partition coefficient (Wildman–Crippen LogP) is 3.37. The Morgan fingerprint density at radius 2 is 1.87 bits per heavy atom. The molecule has 164 valence electrons. The Labute approximate surface area is 187 Å². The van der Waals surface area contributed by atoms with Crippen LogP contribution in [0.1, 0.15) is 37.6 Å². The van der Waals surface area contributed by atoms with E-state index in [1.165, 1.54) is 23.3 Å². The fraction of sp³-hybridized carbons (Fsp3) is 0.478. The molecular weight excluding hydrogens is 408 g/mol. The molecule has 1 aromatic carbocycles. The van der Waals surface area contributed by atoms with Crippen LogP contribution in [0.5, 0.6) is 0 Å². The first kappa shape index (κ1) is 21.6. The lowest BCUT2D eigenvalue weighted by Crippen LogP contribution is -2.33. The van der Waals surface area contributed by atoms with Gasteiger partial charge in [0.25, 0.3) is 0 Å². The van der Waals surface area contributed by atoms with E-state index in [9.17, 15) is 4.79 Å². The normalized spacial score (nSPS) is 14.8. The van der Waals surface area contributed by atoms with Crippen LogP contribution >= 0.6 is 11.8 Å². The van der Waals surface area contributed by atoms with Gasteiger partial charge in [-0.15, -0.1) is 27.1 Å². The number of carbonyl (C=O) groups is 1. The maximum atomic E-state index is 12.3. The third kappa shape index (κ3) is 5.55. The number of hydrogen-bond donors (Lipinski definition) is 1. The molecule has 0 radical (unpaired) electrons. The standard InChI is InChI=1S/C23H30N6OS/c1-17-12-15-28(16-13-17)22-8-7-20-25-26-21(29(20)27-22)9-10-23(30)24-14-11-18-3-5-19(31-2)6-4-18/h3-8,17H,9-16H2,1-2H3,(H,24,30). The Morgan fingerprint density at radius 1 is 1.10 bits per heavy atom. The monoisotopic (exact) mass is 438 g/mol. The Morgan fingerprint density at radius 3 is 2.61 bits per heavy atom. The van der Waals surface area contributed by atoms with Crippen molar-refractivity contribution in [2.45, 2.75) is 43.9 Å². The van der Waals surface area contributed by atoms with E-state index in [-0.39, 0.29) is 5.91 Å². The van der Waals surface area contributed by atoms with E-state index >= 15 is 0 Å². The largest absolute Gasteiger partial charge is 0.356 e. The number of fused-ring (bicyclic) bond motifs is 1. The van der Waals surface area contributed by atoms with Gasteiger partial charge in [-0.05, 0) is 61.3 Å². The van der Waals surface area contributed by atoms with Gasteiger partial charge in [0.05, 0.1) is 0 Å². The van der Waals surface area contributed by atoms with Gasteiger partial charge in [0, 0.05) is 37.4 Å². The number of piperidine rings is 1. The first-order chi connectivity index (χ1) is 15.1. The molecule has 0 atom stereocenters. The molecule has 4 rings (SSSR count). The van der Waals surface area contributed by atoms with E-state index in [1.54, 1.807) is 16.3 Å². The summed E-state index contributed by atoms with van der Waals surface area (Å²) in [4.78, 5) is 15.9. The van der Waals surface area contributed by atoms with E-state index in [0.29, 0.717) is 19.4 Å². The number of thioether (sulfide) groups is 1. The highest BCUT2D eigenvalue weighted by Crippen LogP contribution is 2.21. The van der Waals surface area contributed by atoms with Gasteiger partial charge in [0.1, 0.15) is 5.82 Å². The van der Waals surface area contributed by atoms with Crippen molar-refractivity contribution in [3.8, 4) is 0 Å². The molecule has 1 fully saturated rings.